The van der Waals surface area contributed by atoms with Gasteiger partial charge in [-0.15, -0.1) is 0 Å². The lowest BCUT2D eigenvalue weighted by atomic mass is 10.1. The second kappa shape index (κ2) is 8.27. The number of hydrogen-bond donors (Lipinski definition) is 1. The zero-order valence-electron chi connectivity index (χ0n) is 17.7. The number of morpholine rings is 1. The number of nitrogens with zero attached hydrogens (tertiary/aromatic N) is 5. The van der Waals surface area contributed by atoms with Gasteiger partial charge in [-0.2, -0.15) is 5.10 Å². The summed E-state index contributed by atoms with van der Waals surface area (Å²) >= 11 is 0. The minimum Gasteiger partial charge on any atom is -0.368 e. The summed E-state index contributed by atoms with van der Waals surface area (Å²) in [6.45, 7) is 7.16. The van der Waals surface area contributed by atoms with Crippen LogP contribution in [0.15, 0.2) is 28.8 Å². The number of hydrogen-bond acceptors (Lipinski definition) is 7. The predicted octanol–water partition coefficient (Wildman–Crippen LogP) is 2.61. The predicted molar refractivity (Wildman–Crippen MR) is 110 cm³/mol. The molecule has 0 aliphatic carbocycles. The van der Waals surface area contributed by atoms with Crippen LogP contribution in [-0.2, 0) is 23.0 Å². The molecule has 1 N–H and O–H groups in total. The lowest BCUT2D eigenvalue weighted by Crippen LogP contribution is -2.43. The Labute approximate surface area is 175 Å². The van der Waals surface area contributed by atoms with E-state index in [0.717, 1.165) is 28.5 Å². The molecule has 3 aromatic heterocycles. The smallest absolute Gasteiger partial charge is 0.227 e. The summed E-state index contributed by atoms with van der Waals surface area (Å²) in [4.78, 5) is 19.4. The Kier molecular flexibility index (Phi) is 5.54. The molecule has 1 amide bonds. The van der Waals surface area contributed by atoms with Crippen LogP contribution in [0.4, 0.5) is 11.6 Å². The molecule has 0 radical (unpaired) electrons. The maximum Gasteiger partial charge on any atom is 0.227 e. The number of rotatable bonds is 5. The van der Waals surface area contributed by atoms with Gasteiger partial charge < -0.3 is 19.5 Å². The van der Waals surface area contributed by atoms with Gasteiger partial charge in [-0.25, -0.2) is 4.98 Å². The first-order valence-corrected chi connectivity index (χ1v) is 9.96. The molecule has 1 aliphatic rings. The van der Waals surface area contributed by atoms with Crippen molar-refractivity contribution in [2.75, 3.05) is 25.0 Å². The van der Waals surface area contributed by atoms with Crippen molar-refractivity contribution >= 4 is 17.5 Å². The average Bonchev–Trinajstić information content (AvgIpc) is 3.23. The summed E-state index contributed by atoms with van der Waals surface area (Å²) in [5.74, 6) is 2.15. The number of pyridine rings is 1. The van der Waals surface area contributed by atoms with Gasteiger partial charge in [0.05, 0.1) is 31.0 Å². The molecular weight excluding hydrogens is 384 g/mol. The Balaban J connectivity index is 1.44. The van der Waals surface area contributed by atoms with Crippen LogP contribution in [0.5, 0.6) is 0 Å². The molecule has 9 heteroatoms. The number of amides is 1. The second-order valence-corrected chi connectivity index (χ2v) is 7.55. The second-order valence-electron chi connectivity index (χ2n) is 7.55. The third kappa shape index (κ3) is 4.20. The highest BCUT2D eigenvalue weighted by atomic mass is 16.5. The minimum atomic E-state index is -0.278. The van der Waals surface area contributed by atoms with Crippen LogP contribution >= 0.6 is 0 Å². The van der Waals surface area contributed by atoms with Gasteiger partial charge in [0.2, 0.25) is 5.91 Å². The van der Waals surface area contributed by atoms with Crippen LogP contribution in [0.2, 0.25) is 0 Å². The van der Waals surface area contributed by atoms with Crippen LogP contribution in [0.3, 0.4) is 0 Å². The standard InChI is InChI=1S/C21H26N6O3/c1-13-10-20(24-26(13)4)23-19-7-5-6-17(22-19)18-12-27(8-9-29-18)21(28)11-16-14(2)25-30-15(16)3/h5-7,10,18H,8-9,11-12H2,1-4H3,(H,22,23,24). The Morgan fingerprint density at radius 1 is 1.27 bits per heavy atom. The first-order valence-electron chi connectivity index (χ1n) is 9.96. The Morgan fingerprint density at radius 2 is 2.10 bits per heavy atom. The summed E-state index contributed by atoms with van der Waals surface area (Å²) in [6.07, 6.45) is 0.00154. The fourth-order valence-corrected chi connectivity index (χ4v) is 3.53. The fourth-order valence-electron chi connectivity index (χ4n) is 3.53. The van der Waals surface area contributed by atoms with Crippen molar-refractivity contribution in [2.24, 2.45) is 7.05 Å². The number of aryl methyl sites for hydroxylation is 4. The van der Waals surface area contributed by atoms with E-state index in [1.54, 1.807) is 4.68 Å². The summed E-state index contributed by atoms with van der Waals surface area (Å²) in [5.41, 5.74) is 3.45. The maximum absolute atomic E-state index is 12.8. The third-order valence-corrected chi connectivity index (χ3v) is 5.40. The number of ether oxygens (including phenoxy) is 1. The highest BCUT2D eigenvalue weighted by Crippen LogP contribution is 2.24. The normalized spacial score (nSPS) is 16.7. The van der Waals surface area contributed by atoms with E-state index in [4.69, 9.17) is 9.26 Å². The van der Waals surface area contributed by atoms with Crippen LogP contribution in [0.25, 0.3) is 0 Å². The topological polar surface area (TPSA) is 98.3 Å². The number of anilines is 2. The van der Waals surface area contributed by atoms with Gasteiger partial charge in [-0.05, 0) is 32.9 Å². The lowest BCUT2D eigenvalue weighted by molar-refractivity contribution is -0.138. The van der Waals surface area contributed by atoms with Crippen molar-refractivity contribution in [1.29, 1.82) is 0 Å². The third-order valence-electron chi connectivity index (χ3n) is 5.40. The van der Waals surface area contributed by atoms with Gasteiger partial charge in [0.1, 0.15) is 17.7 Å². The maximum atomic E-state index is 12.8. The van der Waals surface area contributed by atoms with Crippen molar-refractivity contribution in [1.82, 2.24) is 24.8 Å². The fraction of sp³-hybridized carbons (Fsp3) is 0.429. The van der Waals surface area contributed by atoms with E-state index in [1.165, 1.54) is 0 Å². The quantitative estimate of drug-likeness (QED) is 0.690. The van der Waals surface area contributed by atoms with Gasteiger partial charge in [0.25, 0.3) is 0 Å². The molecule has 1 aliphatic heterocycles. The van der Waals surface area contributed by atoms with Gasteiger partial charge in [0, 0.05) is 30.9 Å². The average molecular weight is 410 g/mol. The molecule has 1 atom stereocenters. The Morgan fingerprint density at radius 3 is 2.80 bits per heavy atom. The SMILES string of the molecule is Cc1noc(C)c1CC(=O)N1CCOC(c2cccc(Nc3cc(C)n(C)n3)n2)C1. The molecule has 30 heavy (non-hydrogen) atoms. The van der Waals surface area contributed by atoms with E-state index < -0.39 is 0 Å². The number of carbonyl (C=O) groups excluding carboxylic acids is 1. The molecule has 0 aromatic carbocycles. The molecule has 1 unspecified atom stereocenters. The van der Waals surface area contributed by atoms with Gasteiger partial charge >= 0.3 is 0 Å². The lowest BCUT2D eigenvalue weighted by Gasteiger charge is -2.33. The van der Waals surface area contributed by atoms with Crippen molar-refractivity contribution in [3.05, 3.63) is 52.7 Å². The minimum absolute atomic E-state index is 0.0379. The van der Waals surface area contributed by atoms with Gasteiger partial charge in [0.15, 0.2) is 5.82 Å². The first kappa shape index (κ1) is 20.1. The molecule has 1 fully saturated rings. The van der Waals surface area contributed by atoms with Crippen molar-refractivity contribution < 1.29 is 14.1 Å². The summed E-state index contributed by atoms with van der Waals surface area (Å²) in [6, 6.07) is 7.69. The van der Waals surface area contributed by atoms with Gasteiger partial charge in [-0.1, -0.05) is 11.2 Å². The summed E-state index contributed by atoms with van der Waals surface area (Å²) in [5, 5.41) is 11.6. The number of nitrogens with one attached hydrogen (secondary N) is 1. The van der Waals surface area contributed by atoms with E-state index in [0.29, 0.717) is 31.3 Å². The molecule has 0 spiro atoms. The summed E-state index contributed by atoms with van der Waals surface area (Å²) in [7, 11) is 1.90. The molecule has 4 heterocycles. The highest BCUT2D eigenvalue weighted by molar-refractivity contribution is 5.79. The monoisotopic (exact) mass is 410 g/mol. The van der Waals surface area contributed by atoms with Crippen LogP contribution in [-0.4, -0.2) is 50.4 Å². The molecule has 0 saturated carbocycles. The van der Waals surface area contributed by atoms with Crippen molar-refractivity contribution in [3.63, 3.8) is 0 Å². The van der Waals surface area contributed by atoms with E-state index in [2.05, 4.69) is 20.6 Å². The molecule has 1 saturated heterocycles. The molecule has 4 rings (SSSR count). The molecular formula is C21H26N6O3. The van der Waals surface area contributed by atoms with Crippen LogP contribution in [0, 0.1) is 20.8 Å². The molecule has 158 valence electrons. The highest BCUT2D eigenvalue weighted by Gasteiger charge is 2.27. The molecule has 0 bridgehead atoms. The van der Waals surface area contributed by atoms with Crippen molar-refractivity contribution in [2.45, 2.75) is 33.3 Å². The molecule has 3 aromatic rings. The van der Waals surface area contributed by atoms with Gasteiger partial charge in [-0.3, -0.25) is 9.48 Å². The number of carbonyl (C=O) groups is 1. The Bertz CT molecular complexity index is 1020. The number of aromatic nitrogens is 4. The van der Waals surface area contributed by atoms with Crippen molar-refractivity contribution in [3.8, 4) is 0 Å². The van der Waals surface area contributed by atoms with E-state index >= 15 is 0 Å². The zero-order valence-corrected chi connectivity index (χ0v) is 17.7. The Hall–Kier alpha value is -3.20. The first-order chi connectivity index (χ1) is 14.4. The van der Waals surface area contributed by atoms with E-state index in [1.807, 2.05) is 57.0 Å². The largest absolute Gasteiger partial charge is 0.368 e. The summed E-state index contributed by atoms with van der Waals surface area (Å²) < 4.78 is 12.9. The zero-order chi connectivity index (χ0) is 21.3. The van der Waals surface area contributed by atoms with E-state index in [9.17, 15) is 4.79 Å². The molecule has 9 nitrogen and oxygen atoms in total. The van der Waals surface area contributed by atoms with E-state index in [-0.39, 0.29) is 18.4 Å². The van der Waals surface area contributed by atoms with Crippen LogP contribution < -0.4 is 5.32 Å². The van der Waals surface area contributed by atoms with Crippen LogP contribution in [0.1, 0.15) is 34.5 Å².